The molecule has 1 aromatic carbocycles. The highest BCUT2D eigenvalue weighted by Gasteiger charge is 2.16. The maximum absolute atomic E-state index is 11.8. The Morgan fingerprint density at radius 2 is 1.79 bits per heavy atom. The van der Waals surface area contributed by atoms with E-state index in [-0.39, 0.29) is 0 Å². The summed E-state index contributed by atoms with van der Waals surface area (Å²) in [6.45, 7) is 4.65. The molecule has 108 valence electrons. The van der Waals surface area contributed by atoms with Gasteiger partial charge in [-0.2, -0.15) is 12.7 Å². The maximum Gasteiger partial charge on any atom is 0.301 e. The lowest BCUT2D eigenvalue weighted by atomic mass is 10.3. The van der Waals surface area contributed by atoms with Crippen molar-refractivity contribution in [1.82, 2.24) is 4.31 Å². The molecule has 0 aliphatic carbocycles. The van der Waals surface area contributed by atoms with Crippen molar-refractivity contribution >= 4 is 15.9 Å². The van der Waals surface area contributed by atoms with Gasteiger partial charge in [-0.25, -0.2) is 0 Å². The van der Waals surface area contributed by atoms with Crippen molar-refractivity contribution < 1.29 is 17.9 Å². The lowest BCUT2D eigenvalue weighted by Gasteiger charge is -2.17. The molecule has 0 atom stereocenters. The van der Waals surface area contributed by atoms with Crippen molar-refractivity contribution in [3.63, 3.8) is 0 Å². The van der Waals surface area contributed by atoms with Crippen LogP contribution in [0.25, 0.3) is 0 Å². The van der Waals surface area contributed by atoms with Gasteiger partial charge in [0, 0.05) is 20.2 Å². The van der Waals surface area contributed by atoms with E-state index in [0.29, 0.717) is 30.4 Å². The number of nitrogens with zero attached hydrogens (tertiary/aromatic N) is 1. The highest BCUT2D eigenvalue weighted by atomic mass is 32.2. The smallest absolute Gasteiger partial charge is 0.301 e. The van der Waals surface area contributed by atoms with Gasteiger partial charge in [0.25, 0.3) is 0 Å². The van der Waals surface area contributed by atoms with Crippen LogP contribution in [-0.4, -0.2) is 40.0 Å². The second-order valence-corrected chi connectivity index (χ2v) is 5.80. The summed E-state index contributed by atoms with van der Waals surface area (Å²) < 4.78 is 38.0. The van der Waals surface area contributed by atoms with Gasteiger partial charge in [-0.3, -0.25) is 4.72 Å². The third-order valence-electron chi connectivity index (χ3n) is 2.28. The van der Waals surface area contributed by atoms with Crippen LogP contribution in [0.5, 0.6) is 11.5 Å². The molecule has 0 amide bonds. The Hall–Kier alpha value is -1.47. The molecule has 0 spiro atoms. The molecule has 1 N–H and O–H groups in total. The topological polar surface area (TPSA) is 67.9 Å². The molecule has 19 heavy (non-hydrogen) atoms. The standard InChI is InChI=1S/C12H20N2O4S/c1-5-17-10-7-8-12(18-6-2)11(9-10)13-19(15,16)14(3)4/h7-9,13H,5-6H2,1-4H3. The first kappa shape index (κ1) is 15.6. The molecule has 0 radical (unpaired) electrons. The quantitative estimate of drug-likeness (QED) is 0.829. The number of rotatable bonds is 7. The number of nitrogens with one attached hydrogen (secondary N) is 1. The summed E-state index contributed by atoms with van der Waals surface area (Å²) in [4.78, 5) is 0. The summed E-state index contributed by atoms with van der Waals surface area (Å²) in [6, 6.07) is 5.03. The first-order valence-corrected chi connectivity index (χ1v) is 7.44. The molecule has 0 saturated carbocycles. The van der Waals surface area contributed by atoms with Crippen LogP contribution in [0.3, 0.4) is 0 Å². The third kappa shape index (κ3) is 4.29. The number of benzene rings is 1. The second kappa shape index (κ2) is 6.63. The van der Waals surface area contributed by atoms with E-state index in [2.05, 4.69) is 4.72 Å². The van der Waals surface area contributed by atoms with Gasteiger partial charge in [0.1, 0.15) is 11.5 Å². The largest absolute Gasteiger partial charge is 0.494 e. The molecule has 0 aliphatic rings. The van der Waals surface area contributed by atoms with Crippen molar-refractivity contribution in [3.8, 4) is 11.5 Å². The zero-order valence-corrected chi connectivity index (χ0v) is 12.5. The Morgan fingerprint density at radius 3 is 2.32 bits per heavy atom. The van der Waals surface area contributed by atoms with Gasteiger partial charge in [0.2, 0.25) is 0 Å². The minimum atomic E-state index is -3.58. The zero-order chi connectivity index (χ0) is 14.5. The highest BCUT2D eigenvalue weighted by Crippen LogP contribution is 2.30. The zero-order valence-electron chi connectivity index (χ0n) is 11.6. The van der Waals surface area contributed by atoms with Crippen molar-refractivity contribution in [1.29, 1.82) is 0 Å². The Kier molecular flexibility index (Phi) is 5.44. The fourth-order valence-electron chi connectivity index (χ4n) is 1.36. The molecule has 7 heteroatoms. The lowest BCUT2D eigenvalue weighted by molar-refractivity contribution is 0.332. The summed E-state index contributed by atoms with van der Waals surface area (Å²) >= 11 is 0. The van der Waals surface area contributed by atoms with Gasteiger partial charge >= 0.3 is 10.2 Å². The van der Waals surface area contributed by atoms with Gasteiger partial charge in [-0.05, 0) is 26.0 Å². The number of hydrogen-bond acceptors (Lipinski definition) is 4. The molecule has 0 unspecified atom stereocenters. The van der Waals surface area contributed by atoms with Crippen LogP contribution < -0.4 is 14.2 Å². The van der Waals surface area contributed by atoms with Crippen LogP contribution in [0.4, 0.5) is 5.69 Å². The molecule has 0 bridgehead atoms. The normalized spacial score (nSPS) is 11.4. The summed E-state index contributed by atoms with van der Waals surface area (Å²) in [6.07, 6.45) is 0. The molecule has 1 rings (SSSR count). The van der Waals surface area contributed by atoms with Crippen LogP contribution in [0.15, 0.2) is 18.2 Å². The van der Waals surface area contributed by atoms with E-state index in [1.54, 1.807) is 18.2 Å². The van der Waals surface area contributed by atoms with E-state index in [9.17, 15) is 8.42 Å². The second-order valence-electron chi connectivity index (χ2n) is 3.91. The van der Waals surface area contributed by atoms with Gasteiger partial charge in [-0.15, -0.1) is 0 Å². The van der Waals surface area contributed by atoms with Crippen molar-refractivity contribution in [2.45, 2.75) is 13.8 Å². The Morgan fingerprint density at radius 1 is 1.16 bits per heavy atom. The van der Waals surface area contributed by atoms with E-state index in [4.69, 9.17) is 9.47 Å². The van der Waals surface area contributed by atoms with E-state index < -0.39 is 10.2 Å². The van der Waals surface area contributed by atoms with Crippen LogP contribution in [0, 0.1) is 0 Å². The minimum Gasteiger partial charge on any atom is -0.494 e. The molecule has 0 aromatic heterocycles. The predicted octanol–water partition coefficient (Wildman–Crippen LogP) is 1.70. The molecular formula is C12H20N2O4S. The average molecular weight is 288 g/mol. The van der Waals surface area contributed by atoms with Crippen LogP contribution in [-0.2, 0) is 10.2 Å². The molecular weight excluding hydrogens is 268 g/mol. The average Bonchev–Trinajstić information content (AvgIpc) is 2.32. The number of anilines is 1. The molecule has 0 fully saturated rings. The predicted molar refractivity (Wildman–Crippen MR) is 75.0 cm³/mol. The van der Waals surface area contributed by atoms with Crippen molar-refractivity contribution in [2.24, 2.45) is 0 Å². The monoisotopic (exact) mass is 288 g/mol. The van der Waals surface area contributed by atoms with E-state index in [1.807, 2.05) is 13.8 Å². The molecule has 1 aromatic rings. The van der Waals surface area contributed by atoms with Crippen LogP contribution in [0.2, 0.25) is 0 Å². The summed E-state index contributed by atoms with van der Waals surface area (Å²) in [7, 11) is -0.669. The van der Waals surface area contributed by atoms with Gasteiger partial charge in [0.15, 0.2) is 0 Å². The van der Waals surface area contributed by atoms with E-state index >= 15 is 0 Å². The Bertz CT molecular complexity index is 514. The maximum atomic E-state index is 11.8. The molecule has 6 nitrogen and oxygen atoms in total. The van der Waals surface area contributed by atoms with E-state index in [0.717, 1.165) is 4.31 Å². The number of ether oxygens (including phenoxy) is 2. The third-order valence-corrected chi connectivity index (χ3v) is 3.72. The number of hydrogen-bond donors (Lipinski definition) is 1. The van der Waals surface area contributed by atoms with Crippen LogP contribution in [0.1, 0.15) is 13.8 Å². The summed E-state index contributed by atoms with van der Waals surface area (Å²) in [5, 5.41) is 0. The van der Waals surface area contributed by atoms with Crippen molar-refractivity contribution in [3.05, 3.63) is 18.2 Å². The fourth-order valence-corrected chi connectivity index (χ4v) is 1.98. The first-order valence-electron chi connectivity index (χ1n) is 6.00. The van der Waals surface area contributed by atoms with Gasteiger partial charge in [-0.1, -0.05) is 0 Å². The SMILES string of the molecule is CCOc1ccc(OCC)c(NS(=O)(=O)N(C)C)c1. The van der Waals surface area contributed by atoms with E-state index in [1.165, 1.54) is 14.1 Å². The highest BCUT2D eigenvalue weighted by molar-refractivity contribution is 7.90. The fraction of sp³-hybridized carbons (Fsp3) is 0.500. The summed E-state index contributed by atoms with van der Waals surface area (Å²) in [5.74, 6) is 1.05. The molecule has 0 aliphatic heterocycles. The Balaban J connectivity index is 3.10. The van der Waals surface area contributed by atoms with Crippen LogP contribution >= 0.6 is 0 Å². The van der Waals surface area contributed by atoms with Gasteiger partial charge < -0.3 is 9.47 Å². The molecule has 0 heterocycles. The van der Waals surface area contributed by atoms with Crippen molar-refractivity contribution in [2.75, 3.05) is 32.0 Å². The first-order chi connectivity index (χ1) is 8.90. The Labute approximate surface area is 114 Å². The summed E-state index contributed by atoms with van der Waals surface area (Å²) in [5.41, 5.74) is 0.363. The lowest BCUT2D eigenvalue weighted by Crippen LogP contribution is -2.29. The van der Waals surface area contributed by atoms with Gasteiger partial charge in [0.05, 0.1) is 18.9 Å². The molecule has 0 saturated heterocycles. The minimum absolute atomic E-state index is 0.363.